The molecule has 0 saturated carbocycles. The van der Waals surface area contributed by atoms with Crippen LogP contribution in [0.2, 0.25) is 0 Å². The third-order valence-electron chi connectivity index (χ3n) is 3.53. The standard InChI is InChI=1S/C12H20N4O/c1-4-15(2)12(17)11-7-13-6-10(11)9-5-14-16(3)8-9/h5,8,10-11,13H,4,6-7H2,1-3H3/t10-,11+/m1/s1. The molecule has 0 bridgehead atoms. The van der Waals surface area contributed by atoms with Crippen molar-refractivity contribution in [2.24, 2.45) is 13.0 Å². The van der Waals surface area contributed by atoms with Gasteiger partial charge in [0.15, 0.2) is 0 Å². The summed E-state index contributed by atoms with van der Waals surface area (Å²) in [7, 11) is 3.77. The van der Waals surface area contributed by atoms with Crippen LogP contribution in [-0.4, -0.2) is 47.3 Å². The summed E-state index contributed by atoms with van der Waals surface area (Å²) < 4.78 is 1.79. The molecule has 2 atom stereocenters. The predicted molar refractivity (Wildman–Crippen MR) is 65.6 cm³/mol. The molecule has 17 heavy (non-hydrogen) atoms. The molecular formula is C12H20N4O. The van der Waals surface area contributed by atoms with Crippen molar-refractivity contribution >= 4 is 5.91 Å². The van der Waals surface area contributed by atoms with Crippen LogP contribution in [0.3, 0.4) is 0 Å². The molecule has 1 saturated heterocycles. The first-order valence-electron chi connectivity index (χ1n) is 6.07. The van der Waals surface area contributed by atoms with E-state index < -0.39 is 0 Å². The Morgan fingerprint density at radius 2 is 2.41 bits per heavy atom. The Kier molecular flexibility index (Phi) is 3.47. The van der Waals surface area contributed by atoms with Gasteiger partial charge in [-0.25, -0.2) is 0 Å². The highest BCUT2D eigenvalue weighted by Crippen LogP contribution is 2.28. The summed E-state index contributed by atoms with van der Waals surface area (Å²) in [5.41, 5.74) is 1.15. The molecule has 5 nitrogen and oxygen atoms in total. The minimum atomic E-state index is 0.0455. The fraction of sp³-hybridized carbons (Fsp3) is 0.667. The maximum Gasteiger partial charge on any atom is 0.227 e. The summed E-state index contributed by atoms with van der Waals surface area (Å²) >= 11 is 0. The molecule has 94 valence electrons. The van der Waals surface area contributed by atoms with Gasteiger partial charge < -0.3 is 10.2 Å². The van der Waals surface area contributed by atoms with E-state index in [0.717, 1.165) is 25.2 Å². The zero-order chi connectivity index (χ0) is 12.4. The zero-order valence-corrected chi connectivity index (χ0v) is 10.7. The molecular weight excluding hydrogens is 216 g/mol. The van der Waals surface area contributed by atoms with Gasteiger partial charge in [-0.2, -0.15) is 5.10 Å². The molecule has 1 aromatic heterocycles. The van der Waals surface area contributed by atoms with E-state index in [4.69, 9.17) is 0 Å². The molecule has 2 heterocycles. The van der Waals surface area contributed by atoms with E-state index in [9.17, 15) is 4.79 Å². The highest BCUT2D eigenvalue weighted by molar-refractivity contribution is 5.80. The van der Waals surface area contributed by atoms with Crippen molar-refractivity contribution in [2.45, 2.75) is 12.8 Å². The van der Waals surface area contributed by atoms with E-state index in [0.29, 0.717) is 0 Å². The smallest absolute Gasteiger partial charge is 0.227 e. The Hall–Kier alpha value is -1.36. The number of amides is 1. The van der Waals surface area contributed by atoms with Gasteiger partial charge in [0.05, 0.1) is 12.1 Å². The summed E-state index contributed by atoms with van der Waals surface area (Å²) in [5, 5.41) is 7.49. The number of aromatic nitrogens is 2. The highest BCUT2D eigenvalue weighted by Gasteiger charge is 2.35. The van der Waals surface area contributed by atoms with Crippen molar-refractivity contribution in [2.75, 3.05) is 26.7 Å². The van der Waals surface area contributed by atoms with Crippen molar-refractivity contribution in [3.8, 4) is 0 Å². The van der Waals surface area contributed by atoms with E-state index in [2.05, 4.69) is 10.4 Å². The average molecular weight is 236 g/mol. The molecule has 0 aliphatic carbocycles. The molecule has 1 fully saturated rings. The molecule has 1 N–H and O–H groups in total. The lowest BCUT2D eigenvalue weighted by Gasteiger charge is -2.22. The lowest BCUT2D eigenvalue weighted by atomic mass is 9.90. The fourth-order valence-corrected chi connectivity index (χ4v) is 2.36. The van der Waals surface area contributed by atoms with Crippen LogP contribution in [0.4, 0.5) is 0 Å². The molecule has 0 spiro atoms. The first kappa shape index (κ1) is 12.1. The minimum Gasteiger partial charge on any atom is -0.346 e. The van der Waals surface area contributed by atoms with Gasteiger partial charge in [0, 0.05) is 45.8 Å². The van der Waals surface area contributed by atoms with Gasteiger partial charge in [0.1, 0.15) is 0 Å². The van der Waals surface area contributed by atoms with Crippen LogP contribution in [0.5, 0.6) is 0 Å². The molecule has 1 aromatic rings. The van der Waals surface area contributed by atoms with Crippen molar-refractivity contribution in [1.82, 2.24) is 20.0 Å². The first-order chi connectivity index (χ1) is 8.13. The monoisotopic (exact) mass is 236 g/mol. The molecule has 2 rings (SSSR count). The maximum atomic E-state index is 12.2. The molecule has 5 heteroatoms. The number of aryl methyl sites for hydroxylation is 1. The SMILES string of the molecule is CCN(C)C(=O)[C@H]1CNC[C@@H]1c1cnn(C)c1. The summed E-state index contributed by atoms with van der Waals surface area (Å²) in [6.45, 7) is 4.39. The van der Waals surface area contributed by atoms with E-state index >= 15 is 0 Å². The first-order valence-corrected chi connectivity index (χ1v) is 6.07. The maximum absolute atomic E-state index is 12.2. The van der Waals surface area contributed by atoms with Gasteiger partial charge in [0.25, 0.3) is 0 Å². The van der Waals surface area contributed by atoms with Crippen molar-refractivity contribution < 1.29 is 4.79 Å². The number of nitrogens with one attached hydrogen (secondary N) is 1. The third kappa shape index (κ3) is 2.34. The van der Waals surface area contributed by atoms with Crippen molar-refractivity contribution in [3.05, 3.63) is 18.0 Å². The third-order valence-corrected chi connectivity index (χ3v) is 3.53. The largest absolute Gasteiger partial charge is 0.346 e. The minimum absolute atomic E-state index is 0.0455. The van der Waals surface area contributed by atoms with Crippen LogP contribution in [0, 0.1) is 5.92 Å². The molecule has 0 unspecified atom stereocenters. The number of carbonyl (C=O) groups excluding carboxylic acids is 1. The van der Waals surface area contributed by atoms with Crippen molar-refractivity contribution in [1.29, 1.82) is 0 Å². The van der Waals surface area contributed by atoms with Gasteiger partial charge in [0.2, 0.25) is 5.91 Å². The number of nitrogens with zero attached hydrogens (tertiary/aromatic N) is 3. The Labute approximate surface area is 102 Å². The lowest BCUT2D eigenvalue weighted by Crippen LogP contribution is -2.35. The van der Waals surface area contributed by atoms with E-state index in [1.54, 1.807) is 9.58 Å². The number of hydrogen-bond donors (Lipinski definition) is 1. The normalized spacial score (nSPS) is 23.9. The van der Waals surface area contributed by atoms with Gasteiger partial charge in [-0.3, -0.25) is 9.48 Å². The van der Waals surface area contributed by atoms with E-state index in [-0.39, 0.29) is 17.7 Å². The quantitative estimate of drug-likeness (QED) is 0.815. The summed E-state index contributed by atoms with van der Waals surface area (Å²) in [6.07, 6.45) is 3.87. The summed E-state index contributed by atoms with van der Waals surface area (Å²) in [4.78, 5) is 14.0. The second-order valence-corrected chi connectivity index (χ2v) is 4.67. The van der Waals surface area contributed by atoms with Crippen LogP contribution in [0.1, 0.15) is 18.4 Å². The van der Waals surface area contributed by atoms with Gasteiger partial charge >= 0.3 is 0 Å². The molecule has 0 aromatic carbocycles. The van der Waals surface area contributed by atoms with Crippen LogP contribution < -0.4 is 5.32 Å². The number of hydrogen-bond acceptors (Lipinski definition) is 3. The van der Waals surface area contributed by atoms with Gasteiger partial charge in [-0.1, -0.05) is 0 Å². The second-order valence-electron chi connectivity index (χ2n) is 4.67. The second kappa shape index (κ2) is 4.87. The Balaban J connectivity index is 2.15. The number of rotatable bonds is 3. The topological polar surface area (TPSA) is 50.2 Å². The van der Waals surface area contributed by atoms with Crippen LogP contribution >= 0.6 is 0 Å². The fourth-order valence-electron chi connectivity index (χ4n) is 2.36. The Morgan fingerprint density at radius 1 is 1.65 bits per heavy atom. The lowest BCUT2D eigenvalue weighted by molar-refractivity contribution is -0.133. The Bertz CT molecular complexity index is 401. The molecule has 1 aliphatic heterocycles. The van der Waals surface area contributed by atoms with Crippen LogP contribution in [-0.2, 0) is 11.8 Å². The van der Waals surface area contributed by atoms with Crippen LogP contribution in [0.15, 0.2) is 12.4 Å². The van der Waals surface area contributed by atoms with Crippen LogP contribution in [0.25, 0.3) is 0 Å². The number of carbonyl (C=O) groups is 1. The highest BCUT2D eigenvalue weighted by atomic mass is 16.2. The van der Waals surface area contributed by atoms with Gasteiger partial charge in [-0.15, -0.1) is 0 Å². The summed E-state index contributed by atoms with van der Waals surface area (Å²) in [6, 6.07) is 0. The predicted octanol–water partition coefficient (Wildman–Crippen LogP) is 0.201. The van der Waals surface area contributed by atoms with E-state index in [1.165, 1.54) is 0 Å². The average Bonchev–Trinajstić information content (AvgIpc) is 2.94. The zero-order valence-electron chi connectivity index (χ0n) is 10.7. The van der Waals surface area contributed by atoms with E-state index in [1.807, 2.05) is 33.4 Å². The summed E-state index contributed by atoms with van der Waals surface area (Å²) in [5.74, 6) is 0.528. The molecule has 1 amide bonds. The molecule has 0 radical (unpaired) electrons. The van der Waals surface area contributed by atoms with Crippen molar-refractivity contribution in [3.63, 3.8) is 0 Å². The molecule has 1 aliphatic rings. The Morgan fingerprint density at radius 3 is 3.00 bits per heavy atom. The van der Waals surface area contributed by atoms with Gasteiger partial charge in [-0.05, 0) is 12.5 Å².